The molecular weight excluding hydrogens is 810 g/mol. The number of benzene rings is 8. The van der Waals surface area contributed by atoms with E-state index in [4.69, 9.17) is 4.42 Å². The van der Waals surface area contributed by atoms with E-state index in [1.165, 1.54) is 77.7 Å². The van der Waals surface area contributed by atoms with Gasteiger partial charge in [0.05, 0.1) is 5.69 Å². The van der Waals surface area contributed by atoms with Crippen molar-refractivity contribution in [1.29, 1.82) is 0 Å². The summed E-state index contributed by atoms with van der Waals surface area (Å²) in [5, 5.41) is 2.28. The number of anilines is 8. The Morgan fingerprint density at radius 1 is 0.554 bits per heavy atom. The van der Waals surface area contributed by atoms with Gasteiger partial charge in [-0.2, -0.15) is 10.0 Å². The molecule has 1 aromatic heterocycles. The maximum absolute atomic E-state index is 7.21. The first-order valence-electron chi connectivity index (χ1n) is 23.2. The van der Waals surface area contributed by atoms with Crippen LogP contribution in [0.15, 0.2) is 178 Å². The molecule has 4 aliphatic rings. The van der Waals surface area contributed by atoms with Gasteiger partial charge in [0.15, 0.2) is 5.58 Å². The molecule has 13 rings (SSSR count). The highest BCUT2D eigenvalue weighted by Crippen LogP contribution is 2.69. The van der Waals surface area contributed by atoms with E-state index in [-0.39, 0.29) is 17.7 Å². The van der Waals surface area contributed by atoms with Gasteiger partial charge in [-0.25, -0.2) is 0 Å². The van der Waals surface area contributed by atoms with Gasteiger partial charge in [-0.15, -0.1) is 0 Å². The molecular formula is C59H52BN3OS. The van der Waals surface area contributed by atoms with E-state index in [0.717, 1.165) is 51.1 Å². The first kappa shape index (κ1) is 38.8. The Kier molecular flexibility index (Phi) is 8.04. The molecule has 0 atom stereocenters. The van der Waals surface area contributed by atoms with Crippen LogP contribution in [0.2, 0.25) is 0 Å². The van der Waals surface area contributed by atoms with Crippen molar-refractivity contribution in [2.24, 2.45) is 0 Å². The number of fused-ring (bicyclic) bond motifs is 11. The third kappa shape index (κ3) is 5.35. The van der Waals surface area contributed by atoms with E-state index in [0.29, 0.717) is 0 Å². The summed E-state index contributed by atoms with van der Waals surface area (Å²) in [5.74, 6) is 0. The first-order valence-corrected chi connectivity index (χ1v) is 25.6. The number of hydrogen-bond acceptors (Lipinski definition) is 4. The second-order valence-corrected chi connectivity index (χ2v) is 24.0. The number of hydrogen-bond donors (Lipinski definition) is 0. The van der Waals surface area contributed by atoms with Gasteiger partial charge in [0.25, 0.3) is 0 Å². The molecule has 0 N–H and O–H groups in total. The molecule has 0 saturated carbocycles. The van der Waals surface area contributed by atoms with E-state index >= 15 is 0 Å². The molecule has 8 aromatic carbocycles. The fourth-order valence-corrected chi connectivity index (χ4v) is 14.5. The number of nitrogens with zero attached hydrogens (tertiary/aromatic N) is 3. The van der Waals surface area contributed by atoms with E-state index in [9.17, 15) is 0 Å². The van der Waals surface area contributed by atoms with E-state index < -0.39 is 10.0 Å². The standard InChI is InChI=1S/C59H52BN3OS/c1-37-33-45-46(59(4,5)32-31-58(45,2)3)36-49(37)62-50-35-40(61(38-19-10-8-11-20-38)39-21-12-9-13-22-39)34-44-42-24-18-28-53-55(42)63(48-25-15-17-27-52(48)65(53,6)7)60(54(44)50)47-30-29-43-41-23-14-16-26-51(41)64-57(43)56(47)62/h8-30,33-36H,31-32H2,1-7H3. The molecule has 9 aromatic rings. The summed E-state index contributed by atoms with van der Waals surface area (Å²) in [4.78, 5) is 10.6. The van der Waals surface area contributed by atoms with Gasteiger partial charge in [0, 0.05) is 65.9 Å². The second kappa shape index (κ2) is 13.5. The predicted molar refractivity (Wildman–Crippen MR) is 278 cm³/mol. The fraction of sp³-hybridized carbons (Fsp3) is 0.186. The first-order chi connectivity index (χ1) is 31.4. The summed E-state index contributed by atoms with van der Waals surface area (Å²) in [5.41, 5.74) is 20.7. The van der Waals surface area contributed by atoms with Gasteiger partial charge in [-0.3, -0.25) is 0 Å². The molecule has 4 nitrogen and oxygen atoms in total. The SMILES string of the molecule is Cc1cc2c(cc1N1c3cc(N(c4ccccc4)c4ccccc4)cc4c3B(c3ccc5c(oc6ccccc65)c31)N1c3ccccc3S(C)(C)c3cccc-4c31)C(C)(C)CCC2(C)C. The molecule has 0 spiro atoms. The van der Waals surface area contributed by atoms with Gasteiger partial charge in [-0.1, -0.05) is 125 Å². The summed E-state index contributed by atoms with van der Waals surface area (Å²) < 4.78 is 7.21. The molecule has 65 heavy (non-hydrogen) atoms. The van der Waals surface area contributed by atoms with Crippen molar-refractivity contribution in [1.82, 2.24) is 0 Å². The third-order valence-electron chi connectivity index (χ3n) is 15.4. The Hall–Kier alpha value is -6.63. The zero-order valence-corrected chi connectivity index (χ0v) is 39.1. The third-order valence-corrected chi connectivity index (χ3v) is 18.3. The van der Waals surface area contributed by atoms with E-state index in [1.807, 2.05) is 0 Å². The highest BCUT2D eigenvalue weighted by atomic mass is 32.3. The van der Waals surface area contributed by atoms with Crippen LogP contribution in [0.4, 0.5) is 45.5 Å². The molecule has 318 valence electrons. The van der Waals surface area contributed by atoms with Crippen LogP contribution in [-0.4, -0.2) is 19.4 Å². The summed E-state index contributed by atoms with van der Waals surface area (Å²) >= 11 is 0. The number of rotatable bonds is 4. The van der Waals surface area contributed by atoms with Crippen LogP contribution in [0.5, 0.6) is 0 Å². The van der Waals surface area contributed by atoms with Crippen molar-refractivity contribution in [3.63, 3.8) is 0 Å². The van der Waals surface area contributed by atoms with Crippen molar-refractivity contribution in [3.8, 4) is 11.1 Å². The van der Waals surface area contributed by atoms with Gasteiger partial charge in [-0.05, 0) is 143 Å². The van der Waals surface area contributed by atoms with Crippen molar-refractivity contribution >= 4 is 95.2 Å². The lowest BCUT2D eigenvalue weighted by atomic mass is 9.43. The van der Waals surface area contributed by atoms with Gasteiger partial charge in [0.1, 0.15) is 5.58 Å². The van der Waals surface area contributed by atoms with Crippen LogP contribution >= 0.6 is 10.0 Å². The van der Waals surface area contributed by atoms with Crippen LogP contribution < -0.4 is 25.5 Å². The van der Waals surface area contributed by atoms with Crippen molar-refractivity contribution < 1.29 is 4.42 Å². The van der Waals surface area contributed by atoms with E-state index in [1.54, 1.807) is 0 Å². The molecule has 6 heteroatoms. The van der Waals surface area contributed by atoms with Crippen LogP contribution in [0.25, 0.3) is 33.1 Å². The number of furan rings is 1. The minimum Gasteiger partial charge on any atom is -0.454 e. The highest BCUT2D eigenvalue weighted by molar-refractivity contribution is 8.33. The summed E-state index contributed by atoms with van der Waals surface area (Å²) in [7, 11) is -1.37. The van der Waals surface area contributed by atoms with Crippen molar-refractivity contribution in [2.45, 2.75) is 68.1 Å². The normalized spacial score (nSPS) is 17.2. The highest BCUT2D eigenvalue weighted by Gasteiger charge is 2.51. The maximum atomic E-state index is 7.21. The zero-order valence-electron chi connectivity index (χ0n) is 38.2. The topological polar surface area (TPSA) is 22.9 Å². The van der Waals surface area contributed by atoms with E-state index in [2.05, 4.69) is 226 Å². The minimum absolute atomic E-state index is 0.0144. The lowest BCUT2D eigenvalue weighted by Crippen LogP contribution is -2.62. The number of aryl methyl sites for hydroxylation is 1. The molecule has 0 saturated heterocycles. The van der Waals surface area contributed by atoms with Crippen molar-refractivity contribution in [2.75, 3.05) is 27.1 Å². The van der Waals surface area contributed by atoms with Crippen LogP contribution in [-0.2, 0) is 10.8 Å². The molecule has 0 amide bonds. The quantitative estimate of drug-likeness (QED) is 0.164. The van der Waals surface area contributed by atoms with Gasteiger partial charge >= 0.3 is 6.85 Å². The molecule has 1 aliphatic carbocycles. The zero-order chi connectivity index (χ0) is 44.1. The summed E-state index contributed by atoms with van der Waals surface area (Å²) in [6, 6.07) is 61.5. The predicted octanol–water partition coefficient (Wildman–Crippen LogP) is 15.2. The molecule has 0 bridgehead atoms. The maximum Gasteiger partial charge on any atom is 0.333 e. The fourth-order valence-electron chi connectivity index (χ4n) is 12.0. The largest absolute Gasteiger partial charge is 0.454 e. The summed E-state index contributed by atoms with van der Waals surface area (Å²) in [6.45, 7) is 12.0. The Morgan fingerprint density at radius 2 is 1.20 bits per heavy atom. The molecule has 0 unspecified atom stereocenters. The minimum atomic E-state index is -1.37. The Bertz CT molecular complexity index is 3420. The van der Waals surface area contributed by atoms with Gasteiger partial charge < -0.3 is 19.0 Å². The molecule has 3 aliphatic heterocycles. The molecule has 4 heterocycles. The summed E-state index contributed by atoms with van der Waals surface area (Å²) in [6.07, 6.45) is 7.28. The Labute approximate surface area is 384 Å². The Morgan fingerprint density at radius 3 is 1.94 bits per heavy atom. The average Bonchev–Trinajstić information content (AvgIpc) is 3.70. The van der Waals surface area contributed by atoms with Crippen molar-refractivity contribution in [3.05, 3.63) is 180 Å². The van der Waals surface area contributed by atoms with Crippen LogP contribution in [0.1, 0.15) is 57.2 Å². The number of para-hydroxylation sites is 5. The monoisotopic (exact) mass is 861 g/mol. The lowest BCUT2D eigenvalue weighted by molar-refractivity contribution is 0.332. The van der Waals surface area contributed by atoms with Gasteiger partial charge in [0.2, 0.25) is 0 Å². The Balaban J connectivity index is 1.22. The molecule has 0 fully saturated rings. The molecule has 0 radical (unpaired) electrons. The van der Waals surface area contributed by atoms with Crippen LogP contribution in [0.3, 0.4) is 0 Å². The second-order valence-electron chi connectivity index (χ2n) is 20.4. The lowest BCUT2D eigenvalue weighted by Gasteiger charge is -2.52. The average molecular weight is 862 g/mol. The smallest absolute Gasteiger partial charge is 0.333 e. The van der Waals surface area contributed by atoms with Crippen LogP contribution in [0, 0.1) is 6.92 Å².